The molecular formula is C9H16OS2. The Kier molecular flexibility index (Phi) is 3.97. The Hall–Kier alpha value is 0.370. The first-order valence-electron chi connectivity index (χ1n) is 4.45. The number of hydrogen-bond donors (Lipinski definition) is 0. The first-order valence-corrected chi connectivity index (χ1v) is 6.83. The highest BCUT2D eigenvalue weighted by molar-refractivity contribution is 8.77. The second kappa shape index (κ2) is 4.56. The van der Waals surface area contributed by atoms with E-state index in [9.17, 15) is 4.79 Å². The minimum Gasteiger partial charge on any atom is -0.299 e. The molecule has 0 aromatic rings. The van der Waals surface area contributed by atoms with E-state index in [0.717, 1.165) is 0 Å². The molecule has 0 N–H and O–H groups in total. The summed E-state index contributed by atoms with van der Waals surface area (Å²) in [5.74, 6) is 2.09. The molecular weight excluding hydrogens is 188 g/mol. The number of carbonyl (C=O) groups is 1. The maximum absolute atomic E-state index is 11.6. The van der Waals surface area contributed by atoms with Gasteiger partial charge in [0.1, 0.15) is 5.78 Å². The summed E-state index contributed by atoms with van der Waals surface area (Å²) in [5.41, 5.74) is 0. The Morgan fingerprint density at radius 1 is 1.42 bits per heavy atom. The third-order valence-electron chi connectivity index (χ3n) is 2.25. The van der Waals surface area contributed by atoms with E-state index in [1.54, 1.807) is 0 Å². The molecule has 1 aliphatic heterocycles. The van der Waals surface area contributed by atoms with E-state index in [2.05, 4.69) is 6.92 Å². The standard InChI is InChI=1S/C9H16OS2/c1-6(2)9(10)7(3)8-4-5-11-12-8/h6-8H,4-5H2,1-3H3. The van der Waals surface area contributed by atoms with Crippen molar-refractivity contribution in [2.75, 3.05) is 5.75 Å². The Bertz CT molecular complexity index is 162. The molecule has 1 saturated heterocycles. The quantitative estimate of drug-likeness (QED) is 0.658. The Morgan fingerprint density at radius 3 is 2.50 bits per heavy atom. The lowest BCUT2D eigenvalue weighted by atomic mass is 9.93. The van der Waals surface area contributed by atoms with Crippen LogP contribution in [0.5, 0.6) is 0 Å². The second-order valence-electron chi connectivity index (χ2n) is 3.59. The average molecular weight is 204 g/mol. The van der Waals surface area contributed by atoms with Crippen molar-refractivity contribution in [3.05, 3.63) is 0 Å². The maximum atomic E-state index is 11.6. The zero-order valence-corrected chi connectivity index (χ0v) is 9.50. The van der Waals surface area contributed by atoms with Crippen LogP contribution in [-0.2, 0) is 4.79 Å². The Morgan fingerprint density at radius 2 is 2.08 bits per heavy atom. The fraction of sp³-hybridized carbons (Fsp3) is 0.889. The van der Waals surface area contributed by atoms with Crippen molar-refractivity contribution in [3.63, 3.8) is 0 Å². The number of hydrogen-bond acceptors (Lipinski definition) is 3. The van der Waals surface area contributed by atoms with Crippen molar-refractivity contribution >= 4 is 27.4 Å². The summed E-state index contributed by atoms with van der Waals surface area (Å²) in [4.78, 5) is 11.6. The molecule has 0 aliphatic carbocycles. The van der Waals surface area contributed by atoms with Crippen molar-refractivity contribution in [1.82, 2.24) is 0 Å². The monoisotopic (exact) mass is 204 g/mol. The molecule has 1 nitrogen and oxygen atoms in total. The molecule has 12 heavy (non-hydrogen) atoms. The van der Waals surface area contributed by atoms with Gasteiger partial charge in [-0.15, -0.1) is 0 Å². The highest BCUT2D eigenvalue weighted by atomic mass is 33.1. The predicted octanol–water partition coefficient (Wildman–Crippen LogP) is 3.00. The van der Waals surface area contributed by atoms with Gasteiger partial charge in [-0.05, 0) is 6.42 Å². The summed E-state index contributed by atoms with van der Waals surface area (Å²) in [6, 6.07) is 0. The van der Waals surface area contributed by atoms with Crippen molar-refractivity contribution in [1.29, 1.82) is 0 Å². The van der Waals surface area contributed by atoms with Crippen molar-refractivity contribution in [2.24, 2.45) is 11.8 Å². The van der Waals surface area contributed by atoms with Crippen LogP contribution in [0, 0.1) is 11.8 Å². The lowest BCUT2D eigenvalue weighted by Crippen LogP contribution is -2.25. The van der Waals surface area contributed by atoms with Gasteiger partial charge in [0.25, 0.3) is 0 Å². The van der Waals surface area contributed by atoms with E-state index >= 15 is 0 Å². The number of ketones is 1. The van der Waals surface area contributed by atoms with Crippen LogP contribution in [0.2, 0.25) is 0 Å². The van der Waals surface area contributed by atoms with Crippen LogP contribution >= 0.6 is 21.6 Å². The molecule has 1 heterocycles. The Labute approximate surface area is 82.5 Å². The Balaban J connectivity index is 2.45. The van der Waals surface area contributed by atoms with Crippen molar-refractivity contribution in [2.45, 2.75) is 32.4 Å². The number of rotatable bonds is 3. The highest BCUT2D eigenvalue weighted by Gasteiger charge is 2.28. The van der Waals surface area contributed by atoms with E-state index in [4.69, 9.17) is 0 Å². The van der Waals surface area contributed by atoms with Crippen LogP contribution in [0.1, 0.15) is 27.2 Å². The van der Waals surface area contributed by atoms with Gasteiger partial charge in [-0.25, -0.2) is 0 Å². The third-order valence-corrected chi connectivity index (χ3v) is 5.33. The van der Waals surface area contributed by atoms with Gasteiger partial charge in [-0.3, -0.25) is 4.79 Å². The van der Waals surface area contributed by atoms with Gasteiger partial charge in [-0.1, -0.05) is 42.4 Å². The van der Waals surface area contributed by atoms with Gasteiger partial charge < -0.3 is 0 Å². The third kappa shape index (κ3) is 2.43. The molecule has 1 rings (SSSR count). The molecule has 0 aromatic heterocycles. The summed E-state index contributed by atoms with van der Waals surface area (Å²) in [7, 11) is 3.80. The molecule has 0 saturated carbocycles. The lowest BCUT2D eigenvalue weighted by molar-refractivity contribution is -0.125. The minimum absolute atomic E-state index is 0.200. The van der Waals surface area contributed by atoms with E-state index in [0.29, 0.717) is 11.0 Å². The van der Waals surface area contributed by atoms with E-state index in [1.165, 1.54) is 12.2 Å². The van der Waals surface area contributed by atoms with Gasteiger partial charge in [0.15, 0.2) is 0 Å². The molecule has 0 amide bonds. The first-order chi connectivity index (χ1) is 5.63. The number of carbonyl (C=O) groups excluding carboxylic acids is 1. The van der Waals surface area contributed by atoms with E-state index < -0.39 is 0 Å². The molecule has 3 heteroatoms. The van der Waals surface area contributed by atoms with E-state index in [-0.39, 0.29) is 11.8 Å². The summed E-state index contributed by atoms with van der Waals surface area (Å²) in [6.45, 7) is 6.06. The lowest BCUT2D eigenvalue weighted by Gasteiger charge is -2.17. The highest BCUT2D eigenvalue weighted by Crippen LogP contribution is 2.41. The number of Topliss-reactive ketones (excluding diaryl/α,β-unsaturated/α-hetero) is 1. The molecule has 0 bridgehead atoms. The van der Waals surface area contributed by atoms with Gasteiger partial charge >= 0.3 is 0 Å². The van der Waals surface area contributed by atoms with Gasteiger partial charge in [0.2, 0.25) is 0 Å². The smallest absolute Gasteiger partial charge is 0.139 e. The second-order valence-corrected chi connectivity index (χ2v) is 6.32. The topological polar surface area (TPSA) is 17.1 Å². The first kappa shape index (κ1) is 10.5. The van der Waals surface area contributed by atoms with Gasteiger partial charge in [0, 0.05) is 22.8 Å². The van der Waals surface area contributed by atoms with Crippen LogP contribution in [0.3, 0.4) is 0 Å². The molecule has 1 aliphatic rings. The summed E-state index contributed by atoms with van der Waals surface area (Å²) in [6.07, 6.45) is 1.20. The van der Waals surface area contributed by atoms with Crippen molar-refractivity contribution in [3.8, 4) is 0 Å². The fourth-order valence-electron chi connectivity index (χ4n) is 1.39. The van der Waals surface area contributed by atoms with Crippen LogP contribution in [-0.4, -0.2) is 16.8 Å². The van der Waals surface area contributed by atoms with Gasteiger partial charge in [0.05, 0.1) is 0 Å². The van der Waals surface area contributed by atoms with Crippen molar-refractivity contribution < 1.29 is 4.79 Å². The molecule has 2 unspecified atom stereocenters. The average Bonchev–Trinajstić information content (AvgIpc) is 2.53. The van der Waals surface area contributed by atoms with Crippen LogP contribution in [0.4, 0.5) is 0 Å². The summed E-state index contributed by atoms with van der Waals surface area (Å²) in [5, 5.41) is 0.574. The maximum Gasteiger partial charge on any atom is 0.139 e. The van der Waals surface area contributed by atoms with Gasteiger partial charge in [-0.2, -0.15) is 0 Å². The zero-order chi connectivity index (χ0) is 9.14. The van der Waals surface area contributed by atoms with Crippen LogP contribution in [0.15, 0.2) is 0 Å². The molecule has 70 valence electrons. The van der Waals surface area contributed by atoms with E-state index in [1.807, 2.05) is 35.4 Å². The molecule has 1 fully saturated rings. The normalized spacial score (nSPS) is 26.2. The summed E-state index contributed by atoms with van der Waals surface area (Å²) < 4.78 is 0. The fourth-order valence-corrected chi connectivity index (χ4v) is 4.57. The predicted molar refractivity (Wildman–Crippen MR) is 57.5 cm³/mol. The molecule has 0 radical (unpaired) electrons. The largest absolute Gasteiger partial charge is 0.299 e. The summed E-state index contributed by atoms with van der Waals surface area (Å²) >= 11 is 0. The SMILES string of the molecule is CC(C)C(=O)C(C)C1CCSS1. The zero-order valence-electron chi connectivity index (χ0n) is 7.87. The van der Waals surface area contributed by atoms with Crippen LogP contribution in [0.25, 0.3) is 0 Å². The molecule has 0 spiro atoms. The van der Waals surface area contributed by atoms with Crippen LogP contribution < -0.4 is 0 Å². The molecule has 0 aromatic carbocycles. The molecule has 2 atom stereocenters. The minimum atomic E-state index is 0.200.